The maximum atomic E-state index is 12.9. The Balaban J connectivity index is 2.17. The van der Waals surface area contributed by atoms with Crippen molar-refractivity contribution in [3.63, 3.8) is 0 Å². The lowest BCUT2D eigenvalue weighted by atomic mass is 9.90. The third-order valence-electron chi connectivity index (χ3n) is 7.31. The maximum absolute atomic E-state index is 12.9. The van der Waals surface area contributed by atoms with E-state index in [1.165, 1.54) is 77.0 Å². The van der Waals surface area contributed by atoms with Crippen molar-refractivity contribution < 1.29 is 4.79 Å². The van der Waals surface area contributed by atoms with Crippen LogP contribution in [0.5, 0.6) is 0 Å². The van der Waals surface area contributed by atoms with E-state index in [1.807, 2.05) is 0 Å². The van der Waals surface area contributed by atoms with Crippen LogP contribution in [0.4, 0.5) is 0 Å². The summed E-state index contributed by atoms with van der Waals surface area (Å²) in [6, 6.07) is 0.427. The minimum atomic E-state index is 0.401. The highest BCUT2D eigenvalue weighted by atomic mass is 16.2. The summed E-state index contributed by atoms with van der Waals surface area (Å²) in [5, 5.41) is 0. The summed E-state index contributed by atoms with van der Waals surface area (Å²) in [5.41, 5.74) is 0. The molecule has 0 spiro atoms. The van der Waals surface area contributed by atoms with Crippen molar-refractivity contribution in [2.45, 2.75) is 124 Å². The Hall–Kier alpha value is -0.570. The summed E-state index contributed by atoms with van der Waals surface area (Å²) in [7, 11) is 4.24. The molecule has 1 rings (SSSR count). The third kappa shape index (κ3) is 13.5. The molecule has 1 saturated heterocycles. The summed E-state index contributed by atoms with van der Waals surface area (Å²) in [5.74, 6) is 3.49. The van der Waals surface area contributed by atoms with Crippen molar-refractivity contribution in [1.29, 1.82) is 0 Å². The van der Waals surface area contributed by atoms with Crippen molar-refractivity contribution in [3.8, 4) is 0 Å². The number of likely N-dealkylation sites (N-methyl/N-ethyl adjacent to an activating group) is 1. The molecule has 184 valence electrons. The molecule has 0 bridgehead atoms. The van der Waals surface area contributed by atoms with Gasteiger partial charge in [-0.05, 0) is 57.0 Å². The van der Waals surface area contributed by atoms with Crippen molar-refractivity contribution in [2.24, 2.45) is 23.7 Å². The highest BCUT2D eigenvalue weighted by Gasteiger charge is 2.27. The van der Waals surface area contributed by atoms with Gasteiger partial charge in [-0.1, -0.05) is 92.4 Å². The molecule has 4 unspecified atom stereocenters. The van der Waals surface area contributed by atoms with E-state index in [4.69, 9.17) is 0 Å². The minimum absolute atomic E-state index is 0.401. The molecule has 0 aromatic rings. The fraction of sp³-hybridized carbons (Fsp3) is 0.964. The predicted molar refractivity (Wildman–Crippen MR) is 136 cm³/mol. The normalized spacial score (nSPS) is 20.3. The third-order valence-corrected chi connectivity index (χ3v) is 7.31. The summed E-state index contributed by atoms with van der Waals surface area (Å²) >= 11 is 0. The van der Waals surface area contributed by atoms with Crippen LogP contribution in [0.15, 0.2) is 0 Å². The van der Waals surface area contributed by atoms with Gasteiger partial charge in [0.2, 0.25) is 5.91 Å². The first-order chi connectivity index (χ1) is 14.7. The Morgan fingerprint density at radius 3 is 1.84 bits per heavy atom. The molecular weight excluding hydrogens is 380 g/mol. The molecule has 0 aliphatic carbocycles. The Morgan fingerprint density at radius 1 is 0.806 bits per heavy atom. The fourth-order valence-corrected chi connectivity index (χ4v) is 5.25. The second kappa shape index (κ2) is 16.1. The Bertz CT molecular complexity index is 462. The molecule has 4 atom stereocenters. The zero-order valence-electron chi connectivity index (χ0n) is 22.3. The zero-order valence-corrected chi connectivity index (χ0v) is 22.3. The van der Waals surface area contributed by atoms with E-state index >= 15 is 0 Å². The number of carbonyl (C=O) groups excluding carboxylic acids is 1. The van der Waals surface area contributed by atoms with Crippen LogP contribution in [-0.4, -0.2) is 48.9 Å². The van der Waals surface area contributed by atoms with E-state index in [0.29, 0.717) is 17.9 Å². The van der Waals surface area contributed by atoms with E-state index < -0.39 is 0 Å². The number of amides is 1. The molecule has 3 heteroatoms. The molecule has 1 heterocycles. The van der Waals surface area contributed by atoms with E-state index in [0.717, 1.165) is 37.3 Å². The lowest BCUT2D eigenvalue weighted by Crippen LogP contribution is -2.48. The highest BCUT2D eigenvalue weighted by molar-refractivity contribution is 5.76. The smallest absolute Gasteiger partial charge is 0.223 e. The van der Waals surface area contributed by atoms with Gasteiger partial charge in [0.15, 0.2) is 0 Å². The van der Waals surface area contributed by atoms with Crippen LogP contribution in [0.2, 0.25) is 0 Å². The Morgan fingerprint density at radius 2 is 1.32 bits per heavy atom. The molecular formula is C28H56N2O. The van der Waals surface area contributed by atoms with Gasteiger partial charge in [-0.2, -0.15) is 0 Å². The molecule has 1 fully saturated rings. The summed E-state index contributed by atoms with van der Waals surface area (Å²) < 4.78 is 0. The maximum Gasteiger partial charge on any atom is 0.223 e. The van der Waals surface area contributed by atoms with Crippen LogP contribution < -0.4 is 0 Å². The van der Waals surface area contributed by atoms with Gasteiger partial charge in [0.05, 0.1) is 0 Å². The lowest BCUT2D eigenvalue weighted by molar-refractivity contribution is -0.136. The highest BCUT2D eigenvalue weighted by Crippen LogP contribution is 2.24. The molecule has 1 aliphatic heterocycles. The van der Waals surface area contributed by atoms with Crippen LogP contribution >= 0.6 is 0 Å². The molecule has 0 N–H and O–H groups in total. The van der Waals surface area contributed by atoms with Gasteiger partial charge in [0.1, 0.15) is 0 Å². The van der Waals surface area contributed by atoms with Gasteiger partial charge in [0.25, 0.3) is 0 Å². The molecule has 0 aromatic heterocycles. The summed E-state index contributed by atoms with van der Waals surface area (Å²) in [6.07, 6.45) is 16.5. The minimum Gasteiger partial charge on any atom is -0.338 e. The van der Waals surface area contributed by atoms with Gasteiger partial charge in [0, 0.05) is 25.6 Å². The standard InChI is InChI=1S/C28H56N2O/c1-23(2)13-10-14-24(3)15-11-16-25(4)17-12-18-26(5)21-28(31)30-20-9-8-19-27(30)22-29(6)7/h23-27H,8-22H2,1-7H3. The Kier molecular flexibility index (Phi) is 14.8. The molecule has 0 saturated carbocycles. The monoisotopic (exact) mass is 436 g/mol. The average molecular weight is 437 g/mol. The second-order valence-electron chi connectivity index (χ2n) is 11.7. The van der Waals surface area contributed by atoms with Gasteiger partial charge in [-0.15, -0.1) is 0 Å². The molecule has 31 heavy (non-hydrogen) atoms. The number of piperidine rings is 1. The van der Waals surface area contributed by atoms with Crippen LogP contribution in [0.3, 0.4) is 0 Å². The predicted octanol–water partition coefficient (Wildman–Crippen LogP) is 7.39. The number of rotatable bonds is 16. The van der Waals surface area contributed by atoms with E-state index in [-0.39, 0.29) is 0 Å². The molecule has 3 nitrogen and oxygen atoms in total. The van der Waals surface area contributed by atoms with E-state index in [9.17, 15) is 4.79 Å². The molecule has 1 aliphatic rings. The number of hydrogen-bond acceptors (Lipinski definition) is 2. The fourth-order valence-electron chi connectivity index (χ4n) is 5.25. The Labute approximate surface area is 195 Å². The van der Waals surface area contributed by atoms with Gasteiger partial charge in [-0.25, -0.2) is 0 Å². The van der Waals surface area contributed by atoms with Gasteiger partial charge >= 0.3 is 0 Å². The first kappa shape index (κ1) is 28.5. The molecule has 1 amide bonds. The van der Waals surface area contributed by atoms with Gasteiger partial charge in [-0.3, -0.25) is 4.79 Å². The van der Waals surface area contributed by atoms with Crippen LogP contribution in [0.1, 0.15) is 118 Å². The molecule has 0 radical (unpaired) electrons. The topological polar surface area (TPSA) is 23.6 Å². The van der Waals surface area contributed by atoms with Crippen molar-refractivity contribution in [3.05, 3.63) is 0 Å². The van der Waals surface area contributed by atoms with Crippen molar-refractivity contribution in [2.75, 3.05) is 27.2 Å². The van der Waals surface area contributed by atoms with E-state index in [1.54, 1.807) is 0 Å². The number of nitrogens with zero attached hydrogens (tertiary/aromatic N) is 2. The number of carbonyl (C=O) groups is 1. The van der Waals surface area contributed by atoms with Gasteiger partial charge < -0.3 is 9.80 Å². The SMILES string of the molecule is CC(C)CCCC(C)CCCC(C)CCCC(C)CC(=O)N1CCCCC1CN(C)C. The average Bonchev–Trinajstić information content (AvgIpc) is 2.67. The second-order valence-corrected chi connectivity index (χ2v) is 11.7. The molecule has 0 aromatic carbocycles. The zero-order chi connectivity index (χ0) is 23.2. The van der Waals surface area contributed by atoms with Crippen molar-refractivity contribution in [1.82, 2.24) is 9.80 Å². The van der Waals surface area contributed by atoms with Crippen LogP contribution in [0.25, 0.3) is 0 Å². The van der Waals surface area contributed by atoms with E-state index in [2.05, 4.69) is 58.5 Å². The first-order valence-electron chi connectivity index (χ1n) is 13.6. The largest absolute Gasteiger partial charge is 0.338 e. The van der Waals surface area contributed by atoms with Crippen molar-refractivity contribution >= 4 is 5.91 Å². The van der Waals surface area contributed by atoms with Crippen LogP contribution in [0, 0.1) is 23.7 Å². The lowest BCUT2D eigenvalue weighted by Gasteiger charge is -2.37. The summed E-state index contributed by atoms with van der Waals surface area (Å²) in [6.45, 7) is 13.8. The first-order valence-corrected chi connectivity index (χ1v) is 13.6. The summed E-state index contributed by atoms with van der Waals surface area (Å²) in [4.78, 5) is 17.4. The quantitative estimate of drug-likeness (QED) is 0.252. The number of likely N-dealkylation sites (tertiary alicyclic amines) is 1. The van der Waals surface area contributed by atoms with Crippen LogP contribution in [-0.2, 0) is 4.79 Å². The number of hydrogen-bond donors (Lipinski definition) is 0.